The Balaban J connectivity index is 1.68. The lowest BCUT2D eigenvalue weighted by atomic mass is 9.97. The molecule has 0 aromatic heterocycles. The molecule has 1 unspecified atom stereocenters. The number of aryl methyl sites for hydroxylation is 1. The fraction of sp³-hybridized carbons (Fsp3) is 0.259. The zero-order valence-electron chi connectivity index (χ0n) is 20.3. The minimum Gasteiger partial charge on any atom is -0.452 e. The average Bonchev–Trinajstić information content (AvgIpc) is 2.87. The van der Waals surface area contributed by atoms with E-state index >= 15 is 0 Å². The number of nitrogens with zero attached hydrogens (tertiary/aromatic N) is 1. The van der Waals surface area contributed by atoms with E-state index in [1.807, 2.05) is 37.3 Å². The second-order valence-corrected chi connectivity index (χ2v) is 10.3. The molecule has 0 aliphatic rings. The van der Waals surface area contributed by atoms with Gasteiger partial charge in [0, 0.05) is 12.7 Å². The van der Waals surface area contributed by atoms with E-state index in [1.165, 1.54) is 31.3 Å². The molecule has 35 heavy (non-hydrogen) atoms. The molecule has 0 fully saturated rings. The monoisotopic (exact) mass is 494 g/mol. The van der Waals surface area contributed by atoms with E-state index in [-0.39, 0.29) is 16.4 Å². The maximum absolute atomic E-state index is 13.1. The van der Waals surface area contributed by atoms with Crippen molar-refractivity contribution in [3.8, 4) is 0 Å². The Morgan fingerprint density at radius 3 is 2.37 bits per heavy atom. The topological polar surface area (TPSA) is 92.8 Å². The molecule has 3 rings (SSSR count). The van der Waals surface area contributed by atoms with Crippen LogP contribution in [0.3, 0.4) is 0 Å². The highest BCUT2D eigenvalue weighted by Gasteiger charge is 2.23. The van der Waals surface area contributed by atoms with Crippen LogP contribution in [0.5, 0.6) is 0 Å². The summed E-state index contributed by atoms with van der Waals surface area (Å²) < 4.78 is 32.5. The first-order valence-electron chi connectivity index (χ1n) is 11.3. The van der Waals surface area contributed by atoms with Crippen molar-refractivity contribution >= 4 is 33.3 Å². The third kappa shape index (κ3) is 6.27. The van der Waals surface area contributed by atoms with Crippen LogP contribution in [0.1, 0.15) is 47.7 Å². The highest BCUT2D eigenvalue weighted by atomic mass is 32.2. The molecule has 0 bridgehead atoms. The zero-order chi connectivity index (χ0) is 25.6. The summed E-state index contributed by atoms with van der Waals surface area (Å²) in [7, 11) is -2.45. The van der Waals surface area contributed by atoms with E-state index in [4.69, 9.17) is 4.74 Å². The van der Waals surface area contributed by atoms with Gasteiger partial charge >= 0.3 is 5.97 Å². The number of amides is 1. The van der Waals surface area contributed by atoms with E-state index < -0.39 is 28.5 Å². The van der Waals surface area contributed by atoms with E-state index in [2.05, 4.69) is 19.2 Å². The van der Waals surface area contributed by atoms with Gasteiger partial charge in [-0.15, -0.1) is 0 Å². The molecule has 1 atom stereocenters. The quantitative estimate of drug-likeness (QED) is 0.416. The Morgan fingerprint density at radius 1 is 1.00 bits per heavy atom. The van der Waals surface area contributed by atoms with Gasteiger partial charge in [-0.2, -0.15) is 0 Å². The standard InChI is InChI=1S/C27H30N2O5S/c1-5-20(3)24-11-6-7-12-25(24)28-26(30)18-34-27(31)21-9-8-10-23(17-21)35(32,33)29(4)22-15-13-19(2)14-16-22/h6-17,20H,5,18H2,1-4H3,(H,28,30). The van der Waals surface area contributed by atoms with E-state index in [0.717, 1.165) is 21.9 Å². The van der Waals surface area contributed by atoms with Crippen LogP contribution in [0.2, 0.25) is 0 Å². The van der Waals surface area contributed by atoms with Crippen LogP contribution in [0.25, 0.3) is 0 Å². The van der Waals surface area contributed by atoms with E-state index in [0.29, 0.717) is 11.4 Å². The second-order valence-electron chi connectivity index (χ2n) is 8.36. The maximum atomic E-state index is 13.1. The van der Waals surface area contributed by atoms with Crippen molar-refractivity contribution in [3.63, 3.8) is 0 Å². The van der Waals surface area contributed by atoms with Crippen molar-refractivity contribution in [2.45, 2.75) is 38.0 Å². The van der Waals surface area contributed by atoms with Gasteiger partial charge in [0.1, 0.15) is 0 Å². The number of hydrogen-bond acceptors (Lipinski definition) is 5. The molecule has 184 valence electrons. The van der Waals surface area contributed by atoms with E-state index in [9.17, 15) is 18.0 Å². The van der Waals surface area contributed by atoms with Crippen molar-refractivity contribution in [3.05, 3.63) is 89.5 Å². The Morgan fingerprint density at radius 2 is 1.69 bits per heavy atom. The summed E-state index contributed by atoms with van der Waals surface area (Å²) in [6.07, 6.45) is 0.917. The molecule has 0 heterocycles. The number of esters is 1. The number of sulfonamides is 1. The van der Waals surface area contributed by atoms with Gasteiger partial charge in [0.05, 0.1) is 16.1 Å². The predicted octanol–water partition coefficient (Wildman–Crippen LogP) is 5.13. The first-order chi connectivity index (χ1) is 16.6. The molecule has 3 aromatic rings. The molecule has 8 heteroatoms. The van der Waals surface area contributed by atoms with Gasteiger partial charge in [-0.05, 0) is 61.2 Å². The van der Waals surface area contributed by atoms with Crippen LogP contribution in [0.15, 0.2) is 77.7 Å². The minimum absolute atomic E-state index is 0.0381. The van der Waals surface area contributed by atoms with Gasteiger partial charge in [-0.3, -0.25) is 9.10 Å². The molecular formula is C27H30N2O5S. The summed E-state index contributed by atoms with van der Waals surface area (Å²) in [5.41, 5.74) is 3.23. The normalized spacial score (nSPS) is 12.0. The SMILES string of the molecule is CCC(C)c1ccccc1NC(=O)COC(=O)c1cccc(S(=O)(=O)N(C)c2ccc(C)cc2)c1. The molecule has 1 N–H and O–H groups in total. The third-order valence-corrected chi connectivity index (χ3v) is 7.62. The van der Waals surface area contributed by atoms with Gasteiger partial charge < -0.3 is 10.1 Å². The van der Waals surface area contributed by atoms with Gasteiger partial charge in [0.2, 0.25) is 0 Å². The summed E-state index contributed by atoms with van der Waals surface area (Å²) in [5.74, 6) is -1.00. The number of benzene rings is 3. The molecule has 0 aliphatic carbocycles. The van der Waals surface area contributed by atoms with Crippen molar-refractivity contribution in [1.82, 2.24) is 0 Å². The van der Waals surface area contributed by atoms with Gasteiger partial charge in [0.15, 0.2) is 6.61 Å². The second kappa shape index (κ2) is 11.2. The van der Waals surface area contributed by atoms with Crippen LogP contribution in [-0.4, -0.2) is 33.9 Å². The number of carbonyl (C=O) groups excluding carboxylic acids is 2. The lowest BCUT2D eigenvalue weighted by Crippen LogP contribution is -2.27. The number of hydrogen-bond donors (Lipinski definition) is 1. The fourth-order valence-electron chi connectivity index (χ4n) is 3.50. The van der Waals surface area contributed by atoms with Crippen LogP contribution in [-0.2, 0) is 19.6 Å². The van der Waals surface area contributed by atoms with Crippen molar-refractivity contribution in [2.24, 2.45) is 0 Å². The summed E-state index contributed by atoms with van der Waals surface area (Å²) in [4.78, 5) is 24.9. The number of carbonyl (C=O) groups is 2. The number of rotatable bonds is 9. The first kappa shape index (κ1) is 26.0. The summed E-state index contributed by atoms with van der Waals surface area (Å²) >= 11 is 0. The van der Waals surface area contributed by atoms with Crippen LogP contribution < -0.4 is 9.62 Å². The molecule has 0 radical (unpaired) electrons. The number of nitrogens with one attached hydrogen (secondary N) is 1. The molecule has 0 spiro atoms. The first-order valence-corrected chi connectivity index (χ1v) is 12.8. The Hall–Kier alpha value is -3.65. The van der Waals surface area contributed by atoms with Crippen molar-refractivity contribution in [1.29, 1.82) is 0 Å². The molecular weight excluding hydrogens is 464 g/mol. The van der Waals surface area contributed by atoms with Crippen LogP contribution >= 0.6 is 0 Å². The molecule has 3 aromatic carbocycles. The van der Waals surface area contributed by atoms with Gasteiger partial charge in [-0.25, -0.2) is 13.2 Å². The molecule has 0 saturated heterocycles. The summed E-state index contributed by atoms with van der Waals surface area (Å²) in [6, 6.07) is 20.1. The maximum Gasteiger partial charge on any atom is 0.338 e. The summed E-state index contributed by atoms with van der Waals surface area (Å²) in [6.45, 7) is 5.56. The van der Waals surface area contributed by atoms with Gasteiger partial charge in [-0.1, -0.05) is 55.8 Å². The fourth-order valence-corrected chi connectivity index (χ4v) is 4.74. The molecule has 0 saturated carbocycles. The zero-order valence-corrected chi connectivity index (χ0v) is 21.1. The molecule has 1 amide bonds. The van der Waals surface area contributed by atoms with Crippen molar-refractivity contribution in [2.75, 3.05) is 23.3 Å². The molecule has 0 aliphatic heterocycles. The van der Waals surface area contributed by atoms with E-state index in [1.54, 1.807) is 18.2 Å². The highest BCUT2D eigenvalue weighted by molar-refractivity contribution is 7.92. The summed E-state index contributed by atoms with van der Waals surface area (Å²) in [5, 5.41) is 2.79. The average molecular weight is 495 g/mol. The predicted molar refractivity (Wildman–Crippen MR) is 137 cm³/mol. The van der Waals surface area contributed by atoms with Crippen LogP contribution in [0.4, 0.5) is 11.4 Å². The lowest BCUT2D eigenvalue weighted by Gasteiger charge is -2.20. The third-order valence-electron chi connectivity index (χ3n) is 5.84. The Kier molecular flexibility index (Phi) is 8.30. The molecule has 7 nitrogen and oxygen atoms in total. The highest BCUT2D eigenvalue weighted by Crippen LogP contribution is 2.26. The number of para-hydroxylation sites is 1. The smallest absolute Gasteiger partial charge is 0.338 e. The van der Waals surface area contributed by atoms with Crippen molar-refractivity contribution < 1.29 is 22.7 Å². The lowest BCUT2D eigenvalue weighted by molar-refractivity contribution is -0.119. The number of anilines is 2. The number of ether oxygens (including phenoxy) is 1. The largest absolute Gasteiger partial charge is 0.452 e. The minimum atomic E-state index is -3.90. The van der Waals surface area contributed by atoms with Crippen LogP contribution in [0, 0.1) is 6.92 Å². The Labute approximate surface area is 206 Å². The van der Waals surface area contributed by atoms with Gasteiger partial charge in [0.25, 0.3) is 15.9 Å². The Bertz CT molecular complexity index is 1300.